The summed E-state index contributed by atoms with van der Waals surface area (Å²) >= 11 is 0. The van der Waals surface area contributed by atoms with E-state index in [1.54, 1.807) is 39.0 Å². The van der Waals surface area contributed by atoms with Crippen LogP contribution in [0.1, 0.15) is 58.6 Å². The van der Waals surface area contributed by atoms with Crippen molar-refractivity contribution < 1.29 is 27.6 Å². The minimum atomic E-state index is -5.21. The van der Waals surface area contributed by atoms with E-state index < -0.39 is 45.7 Å². The number of halogens is 3. The van der Waals surface area contributed by atoms with Crippen LogP contribution in [0.15, 0.2) is 29.5 Å². The maximum atomic E-state index is 14.7. The Morgan fingerprint density at radius 1 is 1.03 bits per heavy atom. The standard InChI is InChI=1S/C24H29F3N2O3/c1-13-8-9-15(10-14(13)2)29-16-11-22(6,7)12-17(30)18(16)23(20(29)32,24(25,26)27)28-19(31)21(3,4)5/h8-10H,11-12H2,1-7H3,(H,28,31)/t23-/m0/s1. The number of ketones is 1. The molecule has 0 saturated heterocycles. The molecule has 1 aliphatic heterocycles. The van der Waals surface area contributed by atoms with Crippen molar-refractivity contribution in [1.29, 1.82) is 0 Å². The molecule has 0 fully saturated rings. The van der Waals surface area contributed by atoms with Crippen molar-refractivity contribution in [2.75, 3.05) is 4.90 Å². The summed E-state index contributed by atoms with van der Waals surface area (Å²) < 4.78 is 44.2. The van der Waals surface area contributed by atoms with Crippen LogP contribution in [0.2, 0.25) is 0 Å². The van der Waals surface area contributed by atoms with E-state index in [4.69, 9.17) is 0 Å². The van der Waals surface area contributed by atoms with E-state index in [-0.39, 0.29) is 24.2 Å². The number of hydrogen-bond acceptors (Lipinski definition) is 3. The number of aryl methyl sites for hydroxylation is 2. The number of amides is 2. The van der Waals surface area contributed by atoms with Crippen LogP contribution >= 0.6 is 0 Å². The fraction of sp³-hybridized carbons (Fsp3) is 0.542. The predicted molar refractivity (Wildman–Crippen MR) is 115 cm³/mol. The molecule has 5 nitrogen and oxygen atoms in total. The number of alkyl halides is 3. The average Bonchev–Trinajstić information content (AvgIpc) is 2.84. The second-order valence-corrected chi connectivity index (χ2v) is 10.6. The Kier molecular flexibility index (Phi) is 5.39. The van der Waals surface area contributed by atoms with E-state index >= 15 is 0 Å². The Morgan fingerprint density at radius 2 is 1.62 bits per heavy atom. The lowest BCUT2D eigenvalue weighted by Gasteiger charge is -2.37. The first kappa shape index (κ1) is 24.0. The maximum absolute atomic E-state index is 14.7. The van der Waals surface area contributed by atoms with Crippen LogP contribution in [-0.2, 0) is 14.4 Å². The van der Waals surface area contributed by atoms with Crippen LogP contribution in [0.5, 0.6) is 0 Å². The van der Waals surface area contributed by atoms with Gasteiger partial charge in [0.2, 0.25) is 11.4 Å². The third kappa shape index (κ3) is 3.63. The topological polar surface area (TPSA) is 66.5 Å². The highest BCUT2D eigenvalue weighted by Gasteiger charge is 2.72. The van der Waals surface area contributed by atoms with E-state index in [2.05, 4.69) is 0 Å². The van der Waals surface area contributed by atoms with Crippen molar-refractivity contribution >= 4 is 23.3 Å². The molecule has 3 rings (SSSR count). The number of nitrogens with zero attached hydrogens (tertiary/aromatic N) is 1. The molecule has 1 heterocycles. The fourth-order valence-electron chi connectivity index (χ4n) is 4.25. The summed E-state index contributed by atoms with van der Waals surface area (Å²) in [5.41, 5.74) is -3.96. The SMILES string of the molecule is Cc1ccc(N2C(=O)[C@](NC(=O)C(C)(C)C)(C(F)(F)F)C3=C2CC(C)(C)CC3=O)cc1C. The molecular formula is C24H29F3N2O3. The van der Waals surface area contributed by atoms with Gasteiger partial charge in [0.15, 0.2) is 5.78 Å². The van der Waals surface area contributed by atoms with E-state index in [1.807, 2.05) is 12.2 Å². The van der Waals surface area contributed by atoms with Gasteiger partial charge >= 0.3 is 6.18 Å². The molecule has 0 radical (unpaired) electrons. The van der Waals surface area contributed by atoms with Gasteiger partial charge < -0.3 is 5.32 Å². The first-order valence-corrected chi connectivity index (χ1v) is 10.5. The molecule has 1 atom stereocenters. The highest BCUT2D eigenvalue weighted by atomic mass is 19.4. The number of benzene rings is 1. The van der Waals surface area contributed by atoms with Gasteiger partial charge in [-0.25, -0.2) is 0 Å². The second kappa shape index (κ2) is 7.18. The van der Waals surface area contributed by atoms with Gasteiger partial charge in [-0.2, -0.15) is 13.2 Å². The summed E-state index contributed by atoms with van der Waals surface area (Å²) in [4.78, 5) is 40.5. The molecule has 174 valence electrons. The highest BCUT2D eigenvalue weighted by molar-refractivity contribution is 6.20. The molecule has 1 aromatic rings. The minimum Gasteiger partial charge on any atom is -0.330 e. The number of nitrogens with one attached hydrogen (secondary N) is 1. The Balaban J connectivity index is 2.33. The van der Waals surface area contributed by atoms with Crippen LogP contribution in [0, 0.1) is 24.7 Å². The van der Waals surface area contributed by atoms with E-state index in [9.17, 15) is 27.6 Å². The van der Waals surface area contributed by atoms with Gasteiger partial charge in [0.1, 0.15) is 0 Å². The zero-order chi connectivity index (χ0) is 24.4. The molecule has 8 heteroatoms. The second-order valence-electron chi connectivity index (χ2n) is 10.6. The number of allylic oxidation sites excluding steroid dienone is 1. The Bertz CT molecular complexity index is 1050. The highest BCUT2D eigenvalue weighted by Crippen LogP contribution is 2.53. The van der Waals surface area contributed by atoms with Crippen molar-refractivity contribution in [2.45, 2.75) is 73.0 Å². The fourth-order valence-corrected chi connectivity index (χ4v) is 4.25. The summed E-state index contributed by atoms with van der Waals surface area (Å²) in [6.07, 6.45) is -5.27. The van der Waals surface area contributed by atoms with Gasteiger partial charge in [0, 0.05) is 23.2 Å². The molecule has 1 aliphatic carbocycles. The van der Waals surface area contributed by atoms with Crippen molar-refractivity contribution in [3.05, 3.63) is 40.6 Å². The van der Waals surface area contributed by atoms with Gasteiger partial charge in [-0.15, -0.1) is 0 Å². The molecule has 0 spiro atoms. The number of rotatable bonds is 2. The summed E-state index contributed by atoms with van der Waals surface area (Å²) in [6.45, 7) is 11.6. The van der Waals surface area contributed by atoms with Crippen molar-refractivity contribution in [3.63, 3.8) is 0 Å². The molecular weight excluding hydrogens is 421 g/mol. The number of Topliss-reactive ketones (excluding diaryl/α,β-unsaturated/α-hetero) is 1. The molecule has 0 unspecified atom stereocenters. The van der Waals surface area contributed by atoms with E-state index in [0.717, 1.165) is 16.0 Å². The van der Waals surface area contributed by atoms with Gasteiger partial charge in [0.25, 0.3) is 5.91 Å². The van der Waals surface area contributed by atoms with Crippen LogP contribution in [0.4, 0.5) is 18.9 Å². The van der Waals surface area contributed by atoms with Gasteiger partial charge in [-0.05, 0) is 48.9 Å². The molecule has 0 bridgehead atoms. The summed E-state index contributed by atoms with van der Waals surface area (Å²) in [6, 6.07) is 4.91. The van der Waals surface area contributed by atoms with Crippen molar-refractivity contribution in [2.24, 2.45) is 10.8 Å². The van der Waals surface area contributed by atoms with Crippen molar-refractivity contribution in [3.8, 4) is 0 Å². The normalized spacial score (nSPS) is 23.5. The molecule has 32 heavy (non-hydrogen) atoms. The van der Waals surface area contributed by atoms with Crippen LogP contribution in [-0.4, -0.2) is 29.3 Å². The Hall–Kier alpha value is -2.64. The lowest BCUT2D eigenvalue weighted by Crippen LogP contribution is -2.67. The number of anilines is 1. The molecule has 0 saturated carbocycles. The van der Waals surface area contributed by atoms with Crippen LogP contribution in [0.3, 0.4) is 0 Å². The predicted octanol–water partition coefficient (Wildman–Crippen LogP) is 4.76. The minimum absolute atomic E-state index is 0.00559. The lowest BCUT2D eigenvalue weighted by molar-refractivity contribution is -0.191. The first-order chi connectivity index (χ1) is 14.4. The maximum Gasteiger partial charge on any atom is 0.425 e. The Labute approximate surface area is 186 Å². The van der Waals surface area contributed by atoms with Gasteiger partial charge in [-0.3, -0.25) is 19.3 Å². The molecule has 0 aromatic heterocycles. The third-order valence-electron chi connectivity index (χ3n) is 6.18. The van der Waals surface area contributed by atoms with Crippen LogP contribution < -0.4 is 10.2 Å². The zero-order valence-corrected chi connectivity index (χ0v) is 19.5. The van der Waals surface area contributed by atoms with Crippen LogP contribution in [0.25, 0.3) is 0 Å². The Morgan fingerprint density at radius 3 is 2.12 bits per heavy atom. The zero-order valence-electron chi connectivity index (χ0n) is 19.5. The van der Waals surface area contributed by atoms with E-state index in [0.29, 0.717) is 0 Å². The average molecular weight is 451 g/mol. The van der Waals surface area contributed by atoms with Crippen molar-refractivity contribution in [1.82, 2.24) is 5.32 Å². The van der Waals surface area contributed by atoms with Gasteiger partial charge in [0.05, 0.1) is 5.57 Å². The summed E-state index contributed by atoms with van der Waals surface area (Å²) in [5, 5.41) is 1.97. The number of carbonyl (C=O) groups excluding carboxylic acids is 3. The third-order valence-corrected chi connectivity index (χ3v) is 6.18. The lowest BCUT2D eigenvalue weighted by atomic mass is 9.72. The monoisotopic (exact) mass is 450 g/mol. The summed E-state index contributed by atoms with van der Waals surface area (Å²) in [5.74, 6) is -3.11. The quantitative estimate of drug-likeness (QED) is 0.707. The molecule has 1 aromatic carbocycles. The van der Waals surface area contributed by atoms with Gasteiger partial charge in [-0.1, -0.05) is 40.7 Å². The molecule has 2 aliphatic rings. The smallest absolute Gasteiger partial charge is 0.330 e. The molecule has 1 N–H and O–H groups in total. The largest absolute Gasteiger partial charge is 0.425 e. The number of hydrogen-bond donors (Lipinski definition) is 1. The molecule has 2 amide bonds. The first-order valence-electron chi connectivity index (χ1n) is 10.5. The number of carbonyl (C=O) groups is 3. The summed E-state index contributed by atoms with van der Waals surface area (Å²) in [7, 11) is 0. The van der Waals surface area contributed by atoms with E-state index in [1.165, 1.54) is 20.8 Å².